The Morgan fingerprint density at radius 2 is 2.11 bits per heavy atom. The minimum absolute atomic E-state index is 0.0676. The molecule has 0 unspecified atom stereocenters. The van der Waals surface area contributed by atoms with Crippen LogP contribution in [-0.4, -0.2) is 22.2 Å². The molecule has 0 spiro atoms. The summed E-state index contributed by atoms with van der Waals surface area (Å²) >= 11 is 0. The van der Waals surface area contributed by atoms with Gasteiger partial charge in [0, 0.05) is 12.1 Å². The topological polar surface area (TPSA) is 99.2 Å². The summed E-state index contributed by atoms with van der Waals surface area (Å²) in [6.07, 6.45) is 1.36. The quantitative estimate of drug-likeness (QED) is 0.606. The molecule has 6 heteroatoms. The van der Waals surface area contributed by atoms with Gasteiger partial charge in [-0.15, -0.1) is 0 Å². The molecule has 1 aromatic rings. The lowest BCUT2D eigenvalue weighted by Crippen LogP contribution is -2.41. The highest BCUT2D eigenvalue weighted by molar-refractivity contribution is 5.62. The molecule has 0 heterocycles. The summed E-state index contributed by atoms with van der Waals surface area (Å²) in [4.78, 5) is 10.1. The van der Waals surface area contributed by atoms with Crippen LogP contribution in [0.15, 0.2) is 18.2 Å². The molecule has 2 N–H and O–H groups in total. The lowest BCUT2D eigenvalue weighted by Gasteiger charge is -2.32. The predicted molar refractivity (Wildman–Crippen MR) is 71.8 cm³/mol. The van der Waals surface area contributed by atoms with Crippen LogP contribution >= 0.6 is 0 Å². The molecule has 0 fully saturated rings. The Morgan fingerprint density at radius 1 is 1.47 bits per heavy atom. The van der Waals surface area contributed by atoms with E-state index in [2.05, 4.69) is 5.32 Å². The second kappa shape index (κ2) is 6.16. The Balaban J connectivity index is 3.15. The van der Waals surface area contributed by atoms with E-state index in [0.717, 1.165) is 0 Å². The first-order valence-electron chi connectivity index (χ1n) is 6.09. The van der Waals surface area contributed by atoms with Crippen LogP contribution in [0.3, 0.4) is 0 Å². The lowest BCUT2D eigenvalue weighted by atomic mass is 9.93. The number of aliphatic hydroxyl groups is 1. The molecule has 0 saturated carbocycles. The second-order valence-electron chi connectivity index (χ2n) is 4.37. The number of rotatable bonds is 6. The van der Waals surface area contributed by atoms with Gasteiger partial charge in [-0.25, -0.2) is 0 Å². The molecule has 19 heavy (non-hydrogen) atoms. The summed E-state index contributed by atoms with van der Waals surface area (Å²) in [5.74, 6) is 0. The van der Waals surface area contributed by atoms with Crippen LogP contribution in [0, 0.1) is 21.4 Å². The molecule has 0 amide bonds. The van der Waals surface area contributed by atoms with E-state index in [9.17, 15) is 15.2 Å². The van der Waals surface area contributed by atoms with Crippen molar-refractivity contribution in [2.45, 2.75) is 32.2 Å². The SMILES string of the molecule is CCC(CC)(CO)Nc1ccc([N+](=O)[O-])cc1C#N. The lowest BCUT2D eigenvalue weighted by molar-refractivity contribution is -0.384. The van der Waals surface area contributed by atoms with Gasteiger partial charge in [-0.05, 0) is 18.9 Å². The van der Waals surface area contributed by atoms with E-state index in [4.69, 9.17) is 5.26 Å². The molecule has 0 saturated heterocycles. The number of nitriles is 1. The number of nitro groups is 1. The molecule has 0 aliphatic heterocycles. The number of benzene rings is 1. The van der Waals surface area contributed by atoms with Crippen molar-refractivity contribution in [3.05, 3.63) is 33.9 Å². The molecule has 102 valence electrons. The Hall–Kier alpha value is -2.13. The van der Waals surface area contributed by atoms with E-state index in [1.807, 2.05) is 19.9 Å². The number of nitrogens with one attached hydrogen (secondary N) is 1. The van der Waals surface area contributed by atoms with Crippen molar-refractivity contribution in [1.82, 2.24) is 0 Å². The minimum atomic E-state index is -0.538. The summed E-state index contributed by atoms with van der Waals surface area (Å²) in [7, 11) is 0. The summed E-state index contributed by atoms with van der Waals surface area (Å²) in [5.41, 5.74) is 0.0753. The third kappa shape index (κ3) is 3.20. The first-order valence-corrected chi connectivity index (χ1v) is 6.09. The average Bonchev–Trinajstić information content (AvgIpc) is 2.44. The first-order chi connectivity index (χ1) is 9.01. The molecule has 1 rings (SSSR count). The largest absolute Gasteiger partial charge is 0.394 e. The minimum Gasteiger partial charge on any atom is -0.394 e. The van der Waals surface area contributed by atoms with Gasteiger partial charge < -0.3 is 10.4 Å². The highest BCUT2D eigenvalue weighted by Crippen LogP contribution is 2.27. The van der Waals surface area contributed by atoms with Gasteiger partial charge in [-0.2, -0.15) is 5.26 Å². The van der Waals surface area contributed by atoms with Crippen LogP contribution in [0.25, 0.3) is 0 Å². The summed E-state index contributed by atoms with van der Waals surface area (Å²) in [5, 5.41) is 32.4. The molecule has 0 radical (unpaired) electrons. The van der Waals surface area contributed by atoms with Gasteiger partial charge in [0.1, 0.15) is 6.07 Å². The van der Waals surface area contributed by atoms with Gasteiger partial charge in [-0.3, -0.25) is 10.1 Å². The number of aliphatic hydroxyl groups excluding tert-OH is 1. The standard InChI is InChI=1S/C13H17N3O3/c1-3-13(4-2,9-17)15-12-6-5-11(16(18)19)7-10(12)8-14/h5-7,15,17H,3-4,9H2,1-2H3. The van der Waals surface area contributed by atoms with E-state index in [-0.39, 0.29) is 17.9 Å². The molecule has 0 aliphatic carbocycles. The van der Waals surface area contributed by atoms with Crippen LogP contribution in [-0.2, 0) is 0 Å². The van der Waals surface area contributed by atoms with Crippen LogP contribution in [0.5, 0.6) is 0 Å². The number of hydrogen-bond donors (Lipinski definition) is 2. The Kier molecular flexibility index (Phi) is 4.84. The molecule has 0 aliphatic rings. The molecule has 0 aromatic heterocycles. The Bertz CT molecular complexity index is 496. The average molecular weight is 263 g/mol. The summed E-state index contributed by atoms with van der Waals surface area (Å²) in [6.45, 7) is 3.80. The van der Waals surface area contributed by atoms with Crippen molar-refractivity contribution in [2.75, 3.05) is 11.9 Å². The van der Waals surface area contributed by atoms with Crippen molar-refractivity contribution in [2.24, 2.45) is 0 Å². The van der Waals surface area contributed by atoms with Gasteiger partial charge in [0.2, 0.25) is 0 Å². The van der Waals surface area contributed by atoms with Crippen molar-refractivity contribution in [3.63, 3.8) is 0 Å². The third-order valence-corrected chi connectivity index (χ3v) is 3.39. The zero-order valence-corrected chi connectivity index (χ0v) is 11.0. The van der Waals surface area contributed by atoms with Crippen molar-refractivity contribution < 1.29 is 10.0 Å². The highest BCUT2D eigenvalue weighted by Gasteiger charge is 2.26. The van der Waals surface area contributed by atoms with E-state index >= 15 is 0 Å². The molecule has 1 aromatic carbocycles. The normalized spacial score (nSPS) is 10.8. The number of nitrogens with zero attached hydrogens (tertiary/aromatic N) is 2. The fourth-order valence-electron chi connectivity index (χ4n) is 1.82. The smallest absolute Gasteiger partial charge is 0.270 e. The number of hydrogen-bond acceptors (Lipinski definition) is 5. The van der Waals surface area contributed by atoms with Crippen molar-refractivity contribution >= 4 is 11.4 Å². The molecule has 0 bridgehead atoms. The zero-order chi connectivity index (χ0) is 14.5. The van der Waals surface area contributed by atoms with Crippen LogP contribution in [0.4, 0.5) is 11.4 Å². The molecular weight excluding hydrogens is 246 g/mol. The van der Waals surface area contributed by atoms with Crippen molar-refractivity contribution in [1.29, 1.82) is 5.26 Å². The van der Waals surface area contributed by atoms with Crippen LogP contribution in [0.1, 0.15) is 32.3 Å². The maximum absolute atomic E-state index is 10.7. The van der Waals surface area contributed by atoms with Gasteiger partial charge in [0.25, 0.3) is 5.69 Å². The maximum atomic E-state index is 10.7. The fraction of sp³-hybridized carbons (Fsp3) is 0.462. The van der Waals surface area contributed by atoms with E-state index in [1.165, 1.54) is 18.2 Å². The first kappa shape index (κ1) is 14.9. The summed E-state index contributed by atoms with van der Waals surface area (Å²) < 4.78 is 0. The Morgan fingerprint density at radius 3 is 2.53 bits per heavy atom. The van der Waals surface area contributed by atoms with E-state index in [0.29, 0.717) is 18.5 Å². The monoisotopic (exact) mass is 263 g/mol. The third-order valence-electron chi connectivity index (χ3n) is 3.39. The molecule has 6 nitrogen and oxygen atoms in total. The van der Waals surface area contributed by atoms with Crippen molar-refractivity contribution in [3.8, 4) is 6.07 Å². The second-order valence-corrected chi connectivity index (χ2v) is 4.37. The number of anilines is 1. The van der Waals surface area contributed by atoms with Gasteiger partial charge in [0.15, 0.2) is 0 Å². The predicted octanol–water partition coefficient (Wildman–Crippen LogP) is 2.43. The van der Waals surface area contributed by atoms with Crippen LogP contribution < -0.4 is 5.32 Å². The maximum Gasteiger partial charge on any atom is 0.270 e. The molecular formula is C13H17N3O3. The van der Waals surface area contributed by atoms with Gasteiger partial charge in [-0.1, -0.05) is 13.8 Å². The van der Waals surface area contributed by atoms with Crippen LogP contribution in [0.2, 0.25) is 0 Å². The van der Waals surface area contributed by atoms with Gasteiger partial charge >= 0.3 is 0 Å². The number of non-ortho nitro benzene ring substituents is 1. The Labute approximate surface area is 111 Å². The highest BCUT2D eigenvalue weighted by atomic mass is 16.6. The fourth-order valence-corrected chi connectivity index (χ4v) is 1.82. The van der Waals surface area contributed by atoms with E-state index in [1.54, 1.807) is 0 Å². The van der Waals surface area contributed by atoms with Gasteiger partial charge in [0.05, 0.1) is 28.3 Å². The number of nitro benzene ring substituents is 1. The van der Waals surface area contributed by atoms with E-state index < -0.39 is 10.5 Å². The molecule has 0 atom stereocenters. The zero-order valence-electron chi connectivity index (χ0n) is 11.0. The summed E-state index contributed by atoms with van der Waals surface area (Å²) in [6, 6.07) is 6.02.